The van der Waals surface area contributed by atoms with Crippen LogP contribution in [0.3, 0.4) is 0 Å². The molecule has 0 unspecified atom stereocenters. The van der Waals surface area contributed by atoms with Crippen LogP contribution in [0.1, 0.15) is 19.9 Å². The molecule has 56 valence electrons. The molecule has 0 aromatic carbocycles. The maximum Gasteiger partial charge on any atom is 0.118 e. The van der Waals surface area contributed by atoms with Gasteiger partial charge >= 0.3 is 0 Å². The SMILES string of the molecule is CC(C)n1ncc(Cl)c1I. The summed E-state index contributed by atoms with van der Waals surface area (Å²) in [7, 11) is 0. The van der Waals surface area contributed by atoms with Crippen LogP contribution in [0.2, 0.25) is 5.02 Å². The highest BCUT2D eigenvalue weighted by molar-refractivity contribution is 14.1. The van der Waals surface area contributed by atoms with Crippen molar-refractivity contribution in [2.24, 2.45) is 0 Å². The monoisotopic (exact) mass is 270 g/mol. The standard InChI is InChI=1S/C6H8ClIN2/c1-4(2)10-6(8)5(7)3-9-10/h3-4H,1-2H3. The van der Waals surface area contributed by atoms with Crippen molar-refractivity contribution < 1.29 is 0 Å². The first-order valence-corrected chi connectivity index (χ1v) is 4.47. The molecule has 0 amide bonds. The van der Waals surface area contributed by atoms with Crippen LogP contribution in [0.4, 0.5) is 0 Å². The van der Waals surface area contributed by atoms with Crippen molar-refractivity contribution in [3.8, 4) is 0 Å². The maximum absolute atomic E-state index is 5.78. The summed E-state index contributed by atoms with van der Waals surface area (Å²) in [5.74, 6) is 0. The van der Waals surface area contributed by atoms with Crippen LogP contribution in [-0.4, -0.2) is 9.78 Å². The maximum atomic E-state index is 5.78. The van der Waals surface area contributed by atoms with Crippen LogP contribution in [0.15, 0.2) is 6.20 Å². The van der Waals surface area contributed by atoms with E-state index < -0.39 is 0 Å². The average Bonchev–Trinajstić information content (AvgIpc) is 2.14. The van der Waals surface area contributed by atoms with E-state index in [2.05, 4.69) is 41.5 Å². The molecule has 1 aromatic heterocycles. The van der Waals surface area contributed by atoms with Crippen LogP contribution in [0.25, 0.3) is 0 Å². The van der Waals surface area contributed by atoms with Gasteiger partial charge in [0.15, 0.2) is 0 Å². The van der Waals surface area contributed by atoms with Gasteiger partial charge in [-0.3, -0.25) is 4.68 Å². The van der Waals surface area contributed by atoms with Gasteiger partial charge in [-0.05, 0) is 36.4 Å². The Labute approximate surface area is 78.7 Å². The van der Waals surface area contributed by atoms with E-state index in [1.807, 2.05) is 4.68 Å². The number of aromatic nitrogens is 2. The van der Waals surface area contributed by atoms with Gasteiger partial charge in [0.25, 0.3) is 0 Å². The molecule has 1 rings (SSSR count). The third-order valence-corrected chi connectivity index (χ3v) is 2.85. The van der Waals surface area contributed by atoms with Gasteiger partial charge in [-0.25, -0.2) is 0 Å². The van der Waals surface area contributed by atoms with Crippen molar-refractivity contribution in [1.29, 1.82) is 0 Å². The molecule has 0 aliphatic heterocycles. The Morgan fingerprint density at radius 1 is 1.70 bits per heavy atom. The Morgan fingerprint density at radius 3 is 2.50 bits per heavy atom. The van der Waals surface area contributed by atoms with Crippen LogP contribution in [0, 0.1) is 3.70 Å². The molecule has 10 heavy (non-hydrogen) atoms. The predicted octanol–water partition coefficient (Wildman–Crippen LogP) is 2.72. The molecule has 0 N–H and O–H groups in total. The molecular weight excluding hydrogens is 262 g/mol. The first-order chi connectivity index (χ1) is 4.63. The van der Waals surface area contributed by atoms with Crippen LogP contribution < -0.4 is 0 Å². The van der Waals surface area contributed by atoms with E-state index >= 15 is 0 Å². The van der Waals surface area contributed by atoms with Crippen LogP contribution >= 0.6 is 34.2 Å². The molecule has 0 fully saturated rings. The summed E-state index contributed by atoms with van der Waals surface area (Å²) in [6.07, 6.45) is 1.67. The second-order valence-electron chi connectivity index (χ2n) is 2.32. The fourth-order valence-corrected chi connectivity index (χ4v) is 1.64. The lowest BCUT2D eigenvalue weighted by Crippen LogP contribution is -2.04. The highest BCUT2D eigenvalue weighted by atomic mass is 127. The molecule has 1 heterocycles. The Morgan fingerprint density at radius 2 is 2.30 bits per heavy atom. The molecule has 0 saturated heterocycles. The van der Waals surface area contributed by atoms with Crippen molar-refractivity contribution in [1.82, 2.24) is 9.78 Å². The first kappa shape index (κ1) is 8.33. The fraction of sp³-hybridized carbons (Fsp3) is 0.500. The zero-order valence-electron chi connectivity index (χ0n) is 5.81. The number of nitrogens with zero attached hydrogens (tertiary/aromatic N) is 2. The smallest absolute Gasteiger partial charge is 0.118 e. The van der Waals surface area contributed by atoms with Gasteiger partial charge in [-0.1, -0.05) is 11.6 Å². The molecule has 1 aromatic rings. The van der Waals surface area contributed by atoms with Gasteiger partial charge < -0.3 is 0 Å². The van der Waals surface area contributed by atoms with Gasteiger partial charge in [0.2, 0.25) is 0 Å². The molecule has 0 radical (unpaired) electrons. The van der Waals surface area contributed by atoms with Gasteiger partial charge in [0.1, 0.15) is 3.70 Å². The molecule has 2 nitrogen and oxygen atoms in total. The minimum absolute atomic E-state index is 0.388. The highest BCUT2D eigenvalue weighted by Crippen LogP contribution is 2.19. The van der Waals surface area contributed by atoms with Gasteiger partial charge in [0.05, 0.1) is 11.2 Å². The van der Waals surface area contributed by atoms with E-state index in [0.717, 1.165) is 8.72 Å². The molecule has 0 aliphatic carbocycles. The van der Waals surface area contributed by atoms with E-state index in [1.165, 1.54) is 0 Å². The average molecular weight is 271 g/mol. The number of hydrogen-bond donors (Lipinski definition) is 0. The second-order valence-corrected chi connectivity index (χ2v) is 3.75. The Kier molecular flexibility index (Phi) is 2.57. The number of hydrogen-bond acceptors (Lipinski definition) is 1. The van der Waals surface area contributed by atoms with Crippen LogP contribution in [-0.2, 0) is 0 Å². The van der Waals surface area contributed by atoms with Gasteiger partial charge in [-0.2, -0.15) is 5.10 Å². The summed E-state index contributed by atoms with van der Waals surface area (Å²) in [6, 6.07) is 0.388. The largest absolute Gasteiger partial charge is 0.255 e. The minimum atomic E-state index is 0.388. The summed E-state index contributed by atoms with van der Waals surface area (Å²) in [6.45, 7) is 4.15. The van der Waals surface area contributed by atoms with Crippen molar-refractivity contribution >= 4 is 34.2 Å². The summed E-state index contributed by atoms with van der Waals surface area (Å²) in [4.78, 5) is 0. The molecular formula is C6H8ClIN2. The summed E-state index contributed by atoms with van der Waals surface area (Å²) < 4.78 is 2.90. The summed E-state index contributed by atoms with van der Waals surface area (Å²) in [5, 5.41) is 4.82. The van der Waals surface area contributed by atoms with Gasteiger partial charge in [-0.15, -0.1) is 0 Å². The van der Waals surface area contributed by atoms with Crippen molar-refractivity contribution in [2.75, 3.05) is 0 Å². The Bertz CT molecular complexity index is 232. The fourth-order valence-electron chi connectivity index (χ4n) is 0.686. The second kappa shape index (κ2) is 3.09. The summed E-state index contributed by atoms with van der Waals surface area (Å²) in [5.41, 5.74) is 0. The van der Waals surface area contributed by atoms with Crippen molar-refractivity contribution in [2.45, 2.75) is 19.9 Å². The van der Waals surface area contributed by atoms with Crippen molar-refractivity contribution in [3.63, 3.8) is 0 Å². The zero-order valence-corrected chi connectivity index (χ0v) is 8.72. The number of rotatable bonds is 1. The van der Waals surface area contributed by atoms with Crippen LogP contribution in [0.5, 0.6) is 0 Å². The third kappa shape index (κ3) is 1.45. The third-order valence-electron chi connectivity index (χ3n) is 1.18. The molecule has 0 spiro atoms. The van der Waals surface area contributed by atoms with E-state index in [4.69, 9.17) is 11.6 Å². The molecule has 0 bridgehead atoms. The van der Waals surface area contributed by atoms with E-state index in [-0.39, 0.29) is 0 Å². The van der Waals surface area contributed by atoms with Gasteiger partial charge in [0, 0.05) is 6.04 Å². The summed E-state index contributed by atoms with van der Waals surface area (Å²) >= 11 is 7.97. The Balaban J connectivity index is 3.05. The predicted molar refractivity (Wildman–Crippen MR) is 50.3 cm³/mol. The lowest BCUT2D eigenvalue weighted by molar-refractivity contribution is 0.521. The quantitative estimate of drug-likeness (QED) is 0.718. The first-order valence-electron chi connectivity index (χ1n) is 3.01. The van der Waals surface area contributed by atoms with Crippen molar-refractivity contribution in [3.05, 3.63) is 14.9 Å². The minimum Gasteiger partial charge on any atom is -0.255 e. The normalized spacial score (nSPS) is 10.9. The van der Waals surface area contributed by atoms with E-state index in [1.54, 1.807) is 6.20 Å². The lowest BCUT2D eigenvalue weighted by atomic mass is 10.4. The molecule has 0 saturated carbocycles. The Hall–Kier alpha value is 0.230. The van der Waals surface area contributed by atoms with E-state index in [9.17, 15) is 0 Å². The topological polar surface area (TPSA) is 17.8 Å². The lowest BCUT2D eigenvalue weighted by Gasteiger charge is -2.05. The van der Waals surface area contributed by atoms with E-state index in [0.29, 0.717) is 6.04 Å². The highest BCUT2D eigenvalue weighted by Gasteiger charge is 2.06. The molecule has 0 atom stereocenters. The number of halogens is 2. The zero-order chi connectivity index (χ0) is 7.72. The molecule has 0 aliphatic rings. The molecule has 4 heteroatoms.